The maximum atomic E-state index is 12.4. The minimum atomic E-state index is -4.14. The van der Waals surface area contributed by atoms with E-state index in [9.17, 15) is 13.2 Å². The zero-order valence-electron chi connectivity index (χ0n) is 18.3. The van der Waals surface area contributed by atoms with Gasteiger partial charge >= 0.3 is 6.18 Å². The van der Waals surface area contributed by atoms with Crippen LogP contribution in [-0.2, 0) is 11.3 Å². The largest absolute Gasteiger partial charge is 0.401 e. The van der Waals surface area contributed by atoms with E-state index in [-0.39, 0.29) is 0 Å². The number of hydrogen-bond acceptors (Lipinski definition) is 5. The molecule has 0 aromatic carbocycles. The normalized spacial score (nSPS) is 27.2. The molecule has 1 saturated carbocycles. The summed E-state index contributed by atoms with van der Waals surface area (Å²) in [6.45, 7) is 3.06. The number of rotatable bonds is 6. The summed E-state index contributed by atoms with van der Waals surface area (Å²) in [4.78, 5) is 12.9. The summed E-state index contributed by atoms with van der Waals surface area (Å²) in [5.41, 5.74) is 3.43. The summed E-state index contributed by atoms with van der Waals surface area (Å²) < 4.78 is 43.2. The lowest BCUT2D eigenvalue weighted by atomic mass is 9.84. The molecule has 2 fully saturated rings. The summed E-state index contributed by atoms with van der Waals surface area (Å²) in [5, 5.41) is 3.76. The molecule has 0 amide bonds. The first kappa shape index (κ1) is 22.0. The van der Waals surface area contributed by atoms with Crippen molar-refractivity contribution in [2.45, 2.75) is 63.4 Å². The van der Waals surface area contributed by atoms with Crippen LogP contribution < -0.4 is 10.2 Å². The van der Waals surface area contributed by atoms with Gasteiger partial charge in [-0.2, -0.15) is 13.2 Å². The highest BCUT2D eigenvalue weighted by molar-refractivity contribution is 5.92. The van der Waals surface area contributed by atoms with Crippen LogP contribution >= 0.6 is 0 Å². The Morgan fingerprint density at radius 1 is 1.19 bits per heavy atom. The Labute approximate surface area is 186 Å². The van der Waals surface area contributed by atoms with Crippen molar-refractivity contribution in [3.05, 3.63) is 24.0 Å². The fraction of sp³-hybridized carbons (Fsp3) is 0.696. The molecule has 176 valence electrons. The number of nitrogens with zero attached hydrogens (tertiary/aromatic N) is 3. The van der Waals surface area contributed by atoms with Gasteiger partial charge < -0.3 is 19.9 Å². The molecule has 0 bridgehead atoms. The lowest BCUT2D eigenvalue weighted by molar-refractivity contribution is -0.125. The second kappa shape index (κ2) is 9.19. The van der Waals surface area contributed by atoms with Crippen LogP contribution in [0.1, 0.15) is 44.1 Å². The number of aromatic amines is 1. The van der Waals surface area contributed by atoms with Gasteiger partial charge in [-0.05, 0) is 57.1 Å². The minimum absolute atomic E-state index is 0.304. The number of anilines is 1. The third-order valence-corrected chi connectivity index (χ3v) is 7.17. The predicted octanol–water partition coefficient (Wildman–Crippen LogP) is 4.03. The number of fused-ring (bicyclic) bond motifs is 3. The average Bonchev–Trinajstić information content (AvgIpc) is 3.44. The van der Waals surface area contributed by atoms with Gasteiger partial charge in [0.25, 0.3) is 0 Å². The Morgan fingerprint density at radius 3 is 2.78 bits per heavy atom. The molecule has 1 saturated heterocycles. The number of nitrogens with one attached hydrogen (secondary N) is 2. The summed E-state index contributed by atoms with van der Waals surface area (Å²) in [5.74, 6) is 0.311. The predicted molar refractivity (Wildman–Crippen MR) is 117 cm³/mol. The van der Waals surface area contributed by atoms with Crippen LogP contribution in [0.2, 0.25) is 0 Å². The van der Waals surface area contributed by atoms with Gasteiger partial charge in [0.05, 0.1) is 25.0 Å². The first-order valence-corrected chi connectivity index (χ1v) is 11.8. The van der Waals surface area contributed by atoms with Crippen molar-refractivity contribution in [3.63, 3.8) is 0 Å². The van der Waals surface area contributed by atoms with E-state index < -0.39 is 12.7 Å². The monoisotopic (exact) mass is 451 g/mol. The Hall–Kier alpha value is -1.84. The second-order valence-corrected chi connectivity index (χ2v) is 9.55. The molecule has 2 aromatic heterocycles. The fourth-order valence-electron chi connectivity index (χ4n) is 5.64. The topological polar surface area (TPSA) is 56.4 Å². The van der Waals surface area contributed by atoms with Crippen LogP contribution in [0.3, 0.4) is 0 Å². The zero-order valence-corrected chi connectivity index (χ0v) is 18.3. The number of hydrogen-bond donors (Lipinski definition) is 2. The van der Waals surface area contributed by atoms with Crippen LogP contribution in [0.25, 0.3) is 11.0 Å². The van der Waals surface area contributed by atoms with Gasteiger partial charge in [-0.25, -0.2) is 4.98 Å². The first-order chi connectivity index (χ1) is 15.5. The average molecular weight is 452 g/mol. The molecule has 0 radical (unpaired) electrons. The summed E-state index contributed by atoms with van der Waals surface area (Å²) in [6, 6.07) is 2.50. The standard InChI is InChI=1S/C23H32F3N5O/c24-23(25,26)14-27-10-16-3-5-18(6-4-16)31-15-30(13-19-2-1-9-32-19)12-17-11-29-22-20(21(17)31)7-8-28-22/h7-8,11,16,18-19,27H,1-6,9-10,12-15H2,(H,28,29). The maximum Gasteiger partial charge on any atom is 0.401 e. The van der Waals surface area contributed by atoms with Gasteiger partial charge in [-0.3, -0.25) is 4.90 Å². The van der Waals surface area contributed by atoms with Crippen molar-refractivity contribution in [1.82, 2.24) is 20.2 Å². The van der Waals surface area contributed by atoms with E-state index in [1.54, 1.807) is 0 Å². The summed E-state index contributed by atoms with van der Waals surface area (Å²) in [6.07, 6.45) is 6.26. The van der Waals surface area contributed by atoms with E-state index >= 15 is 0 Å². The van der Waals surface area contributed by atoms with E-state index in [1.807, 2.05) is 12.4 Å². The number of H-pyrrole nitrogens is 1. The molecule has 0 spiro atoms. The van der Waals surface area contributed by atoms with Crippen LogP contribution in [0.5, 0.6) is 0 Å². The van der Waals surface area contributed by atoms with Crippen LogP contribution in [-0.4, -0.2) is 66.1 Å². The molecule has 1 aliphatic carbocycles. The summed E-state index contributed by atoms with van der Waals surface area (Å²) in [7, 11) is 0. The Balaban J connectivity index is 1.29. The molecular formula is C23H32F3N5O. The SMILES string of the molecule is FC(F)(F)CNCC1CCC(N2CN(CC3CCCO3)Cc3cnc4[nH]ccc4c32)CC1. The minimum Gasteiger partial charge on any atom is -0.377 e. The van der Waals surface area contributed by atoms with Crippen LogP contribution in [0, 0.1) is 5.92 Å². The van der Waals surface area contributed by atoms with E-state index in [1.165, 1.54) is 11.3 Å². The van der Waals surface area contributed by atoms with E-state index in [0.717, 1.165) is 75.9 Å². The maximum absolute atomic E-state index is 12.4. The molecule has 1 unspecified atom stereocenters. The van der Waals surface area contributed by atoms with Gasteiger partial charge in [-0.1, -0.05) is 0 Å². The van der Waals surface area contributed by atoms with Gasteiger partial charge in [0, 0.05) is 49.1 Å². The van der Waals surface area contributed by atoms with Gasteiger partial charge in [0.2, 0.25) is 0 Å². The third-order valence-electron chi connectivity index (χ3n) is 7.17. The van der Waals surface area contributed by atoms with Crippen molar-refractivity contribution in [2.24, 2.45) is 5.92 Å². The Morgan fingerprint density at radius 2 is 2.03 bits per heavy atom. The molecule has 4 heterocycles. The first-order valence-electron chi connectivity index (χ1n) is 11.8. The molecule has 2 N–H and O–H groups in total. The molecular weight excluding hydrogens is 419 g/mol. The number of alkyl halides is 3. The molecule has 2 aromatic rings. The van der Waals surface area contributed by atoms with E-state index in [2.05, 4.69) is 31.2 Å². The smallest absolute Gasteiger partial charge is 0.377 e. The highest BCUT2D eigenvalue weighted by Crippen LogP contribution is 2.39. The molecule has 32 heavy (non-hydrogen) atoms. The van der Waals surface area contributed by atoms with E-state index in [4.69, 9.17) is 4.74 Å². The molecule has 1 atom stereocenters. The van der Waals surface area contributed by atoms with Gasteiger partial charge in [-0.15, -0.1) is 0 Å². The van der Waals surface area contributed by atoms with Gasteiger partial charge in [0.15, 0.2) is 0 Å². The third kappa shape index (κ3) is 4.89. The van der Waals surface area contributed by atoms with E-state index in [0.29, 0.717) is 24.6 Å². The van der Waals surface area contributed by atoms with Crippen molar-refractivity contribution < 1.29 is 17.9 Å². The summed E-state index contributed by atoms with van der Waals surface area (Å²) >= 11 is 0. The quantitative estimate of drug-likeness (QED) is 0.695. The number of aromatic nitrogens is 2. The van der Waals surface area contributed by atoms with Crippen LogP contribution in [0.4, 0.5) is 18.9 Å². The number of halogens is 3. The lowest BCUT2D eigenvalue weighted by Gasteiger charge is -2.45. The Kier molecular flexibility index (Phi) is 6.31. The highest BCUT2D eigenvalue weighted by Gasteiger charge is 2.34. The molecule has 2 aliphatic heterocycles. The highest BCUT2D eigenvalue weighted by atomic mass is 19.4. The molecule has 6 nitrogen and oxygen atoms in total. The van der Waals surface area contributed by atoms with Crippen LogP contribution in [0.15, 0.2) is 18.5 Å². The van der Waals surface area contributed by atoms with Crippen molar-refractivity contribution in [3.8, 4) is 0 Å². The van der Waals surface area contributed by atoms with Gasteiger partial charge in [0.1, 0.15) is 5.65 Å². The number of pyridine rings is 1. The zero-order chi connectivity index (χ0) is 22.1. The van der Waals surface area contributed by atoms with Crippen molar-refractivity contribution >= 4 is 16.7 Å². The number of ether oxygens (including phenoxy) is 1. The fourth-order valence-corrected chi connectivity index (χ4v) is 5.64. The lowest BCUT2D eigenvalue weighted by Crippen LogP contribution is -2.50. The van der Waals surface area contributed by atoms with Crippen molar-refractivity contribution in [2.75, 3.05) is 37.8 Å². The van der Waals surface area contributed by atoms with Crippen molar-refractivity contribution in [1.29, 1.82) is 0 Å². The second-order valence-electron chi connectivity index (χ2n) is 9.55. The molecule has 3 aliphatic rings. The molecule has 5 rings (SSSR count). The molecule has 9 heteroatoms. The Bertz CT molecular complexity index is 903.